The lowest BCUT2D eigenvalue weighted by atomic mass is 9.90. The molecule has 23 heavy (non-hydrogen) atoms. The third-order valence-corrected chi connectivity index (χ3v) is 3.08. The van der Waals surface area contributed by atoms with Gasteiger partial charge in [-0.15, -0.1) is 0 Å². The van der Waals surface area contributed by atoms with Crippen LogP contribution in [0.25, 0.3) is 0 Å². The number of esters is 1. The standard InChI is InChI=1S/C11H12F10O2/c1-4-7(2,3)6(22)23-5(8(12,13)10(16,17)18)9(14,15)11(19,20)21/h5H,4H2,1-3H3. The van der Waals surface area contributed by atoms with Gasteiger partial charge in [0, 0.05) is 0 Å². The first kappa shape index (κ1) is 21.8. The molecule has 0 aromatic heterocycles. The fraction of sp³-hybridized carbons (Fsp3) is 0.909. The number of rotatable bonds is 5. The van der Waals surface area contributed by atoms with E-state index in [1.165, 1.54) is 6.92 Å². The monoisotopic (exact) mass is 366 g/mol. The predicted molar refractivity (Wildman–Crippen MR) is 56.0 cm³/mol. The smallest absolute Gasteiger partial charge is 0.448 e. The maximum absolute atomic E-state index is 13.1. The zero-order valence-corrected chi connectivity index (χ0v) is 11.9. The van der Waals surface area contributed by atoms with Gasteiger partial charge in [-0.25, -0.2) is 0 Å². The van der Waals surface area contributed by atoms with E-state index < -0.39 is 41.7 Å². The molecule has 2 nitrogen and oxygen atoms in total. The number of ether oxygens (including phenoxy) is 1. The Hall–Kier alpha value is -1.23. The lowest BCUT2D eigenvalue weighted by Crippen LogP contribution is -2.62. The molecule has 0 spiro atoms. The van der Waals surface area contributed by atoms with Crippen LogP contribution in [0.4, 0.5) is 43.9 Å². The molecule has 138 valence electrons. The van der Waals surface area contributed by atoms with E-state index in [4.69, 9.17) is 0 Å². The summed E-state index contributed by atoms with van der Waals surface area (Å²) in [7, 11) is 0. The van der Waals surface area contributed by atoms with Crippen LogP contribution in [0.1, 0.15) is 27.2 Å². The quantitative estimate of drug-likeness (QED) is 0.520. The Kier molecular flexibility index (Phi) is 5.68. The highest BCUT2D eigenvalue weighted by atomic mass is 19.4. The maximum Gasteiger partial charge on any atom is 0.457 e. The van der Waals surface area contributed by atoms with Crippen molar-refractivity contribution in [1.29, 1.82) is 0 Å². The van der Waals surface area contributed by atoms with E-state index in [9.17, 15) is 48.7 Å². The van der Waals surface area contributed by atoms with Crippen molar-refractivity contribution in [2.45, 2.75) is 57.5 Å². The molecule has 0 aliphatic carbocycles. The average Bonchev–Trinajstić information content (AvgIpc) is 2.32. The second-order valence-corrected chi connectivity index (χ2v) is 5.26. The van der Waals surface area contributed by atoms with Gasteiger partial charge >= 0.3 is 30.2 Å². The fourth-order valence-electron chi connectivity index (χ4n) is 1.08. The van der Waals surface area contributed by atoms with Crippen LogP contribution in [0.3, 0.4) is 0 Å². The van der Waals surface area contributed by atoms with E-state index in [1.807, 2.05) is 0 Å². The molecule has 0 aliphatic heterocycles. The molecule has 0 aromatic carbocycles. The normalized spacial score (nSPS) is 15.0. The minimum atomic E-state index is -6.79. The van der Waals surface area contributed by atoms with Gasteiger partial charge in [0.1, 0.15) is 0 Å². The number of carbonyl (C=O) groups is 1. The Labute approximate surface area is 123 Å². The van der Waals surface area contributed by atoms with Crippen molar-refractivity contribution < 1.29 is 53.4 Å². The molecule has 0 atom stereocenters. The summed E-state index contributed by atoms with van der Waals surface area (Å²) < 4.78 is 129. The van der Waals surface area contributed by atoms with Crippen molar-refractivity contribution >= 4 is 5.97 Å². The summed E-state index contributed by atoms with van der Waals surface area (Å²) >= 11 is 0. The maximum atomic E-state index is 13.1. The van der Waals surface area contributed by atoms with Gasteiger partial charge in [-0.05, 0) is 20.3 Å². The molecular formula is C11H12F10O2. The zero-order valence-electron chi connectivity index (χ0n) is 11.9. The minimum Gasteiger partial charge on any atom is -0.448 e. The molecule has 12 heteroatoms. The fourth-order valence-corrected chi connectivity index (χ4v) is 1.08. The highest BCUT2D eigenvalue weighted by Gasteiger charge is 2.78. The Morgan fingerprint density at radius 2 is 1.13 bits per heavy atom. The molecule has 0 saturated heterocycles. The van der Waals surface area contributed by atoms with Crippen molar-refractivity contribution in [2.24, 2.45) is 5.41 Å². The molecule has 0 unspecified atom stereocenters. The van der Waals surface area contributed by atoms with Crippen molar-refractivity contribution in [2.75, 3.05) is 0 Å². The van der Waals surface area contributed by atoms with Gasteiger partial charge in [-0.2, -0.15) is 43.9 Å². The number of halogens is 10. The largest absolute Gasteiger partial charge is 0.457 e. The predicted octanol–water partition coefficient (Wildman–Crippen LogP) is 4.73. The van der Waals surface area contributed by atoms with Crippen LogP contribution in [-0.2, 0) is 9.53 Å². The Bertz CT molecular complexity index is 409. The highest BCUT2D eigenvalue weighted by molar-refractivity contribution is 5.76. The Morgan fingerprint density at radius 1 is 0.826 bits per heavy atom. The second-order valence-electron chi connectivity index (χ2n) is 5.26. The molecule has 0 amide bonds. The molecule has 0 bridgehead atoms. The molecule has 0 aliphatic rings. The lowest BCUT2D eigenvalue weighted by Gasteiger charge is -2.35. The van der Waals surface area contributed by atoms with Crippen molar-refractivity contribution in [3.63, 3.8) is 0 Å². The van der Waals surface area contributed by atoms with Gasteiger partial charge in [0.2, 0.25) is 6.10 Å². The first-order valence-electron chi connectivity index (χ1n) is 5.92. The van der Waals surface area contributed by atoms with Crippen molar-refractivity contribution in [1.82, 2.24) is 0 Å². The third-order valence-electron chi connectivity index (χ3n) is 3.08. The van der Waals surface area contributed by atoms with Gasteiger partial charge in [-0.3, -0.25) is 4.79 Å². The lowest BCUT2D eigenvalue weighted by molar-refractivity contribution is -0.385. The molecule has 0 rings (SSSR count). The SMILES string of the molecule is CCC(C)(C)C(=O)OC(C(F)(F)C(F)(F)F)C(F)(F)C(F)(F)F. The average molecular weight is 366 g/mol. The van der Waals surface area contributed by atoms with Gasteiger partial charge in [0.25, 0.3) is 0 Å². The van der Waals surface area contributed by atoms with Crippen LogP contribution in [0.15, 0.2) is 0 Å². The molecule has 0 N–H and O–H groups in total. The van der Waals surface area contributed by atoms with Gasteiger partial charge in [0.05, 0.1) is 5.41 Å². The van der Waals surface area contributed by atoms with Gasteiger partial charge < -0.3 is 4.74 Å². The molecular weight excluding hydrogens is 354 g/mol. The van der Waals surface area contributed by atoms with Crippen LogP contribution in [0.5, 0.6) is 0 Å². The molecule has 0 saturated carbocycles. The summed E-state index contributed by atoms with van der Waals surface area (Å²) in [5, 5.41) is 0. The number of hydrogen-bond acceptors (Lipinski definition) is 2. The van der Waals surface area contributed by atoms with Crippen LogP contribution >= 0.6 is 0 Å². The number of alkyl halides is 10. The first-order valence-corrected chi connectivity index (χ1v) is 5.92. The third kappa shape index (κ3) is 4.19. The van der Waals surface area contributed by atoms with E-state index in [2.05, 4.69) is 4.74 Å². The van der Waals surface area contributed by atoms with Crippen LogP contribution in [0.2, 0.25) is 0 Å². The Balaban J connectivity index is 6.02. The zero-order chi connectivity index (χ0) is 19.1. The van der Waals surface area contributed by atoms with E-state index >= 15 is 0 Å². The summed E-state index contributed by atoms with van der Waals surface area (Å²) in [6, 6.07) is 0. The molecule has 0 heterocycles. The first-order chi connectivity index (χ1) is 9.82. The highest BCUT2D eigenvalue weighted by Crippen LogP contribution is 2.50. The topological polar surface area (TPSA) is 26.3 Å². The van der Waals surface area contributed by atoms with E-state index in [-0.39, 0.29) is 6.42 Å². The van der Waals surface area contributed by atoms with E-state index in [0.29, 0.717) is 0 Å². The van der Waals surface area contributed by atoms with Crippen molar-refractivity contribution in [3.05, 3.63) is 0 Å². The van der Waals surface area contributed by atoms with Crippen LogP contribution in [-0.4, -0.2) is 36.3 Å². The number of carbonyl (C=O) groups excluding carboxylic acids is 1. The molecule has 0 radical (unpaired) electrons. The van der Waals surface area contributed by atoms with E-state index in [0.717, 1.165) is 13.8 Å². The summed E-state index contributed by atoms with van der Waals surface area (Å²) in [5.41, 5.74) is -1.85. The number of hydrogen-bond donors (Lipinski definition) is 0. The van der Waals surface area contributed by atoms with Crippen LogP contribution < -0.4 is 0 Å². The Morgan fingerprint density at radius 3 is 1.35 bits per heavy atom. The van der Waals surface area contributed by atoms with Crippen molar-refractivity contribution in [3.8, 4) is 0 Å². The van der Waals surface area contributed by atoms with Gasteiger partial charge in [0.15, 0.2) is 0 Å². The minimum absolute atomic E-state index is 0.270. The molecule has 0 aromatic rings. The van der Waals surface area contributed by atoms with Crippen LogP contribution in [0, 0.1) is 5.41 Å². The van der Waals surface area contributed by atoms with E-state index in [1.54, 1.807) is 0 Å². The second kappa shape index (κ2) is 6.00. The van der Waals surface area contributed by atoms with Gasteiger partial charge in [-0.1, -0.05) is 6.92 Å². The summed E-state index contributed by atoms with van der Waals surface area (Å²) in [5.74, 6) is -15.3. The summed E-state index contributed by atoms with van der Waals surface area (Å²) in [4.78, 5) is 11.4. The molecule has 0 fully saturated rings. The summed E-state index contributed by atoms with van der Waals surface area (Å²) in [6.07, 6.45) is -18.9. The summed E-state index contributed by atoms with van der Waals surface area (Å²) in [6.45, 7) is 3.06.